The van der Waals surface area contributed by atoms with Crippen molar-refractivity contribution in [3.63, 3.8) is 0 Å². The summed E-state index contributed by atoms with van der Waals surface area (Å²) in [5, 5.41) is 9.68. The summed E-state index contributed by atoms with van der Waals surface area (Å²) in [6, 6.07) is 9.00. The number of nitrogens with zero attached hydrogens (tertiary/aromatic N) is 4. The standard InChI is InChI=1S/C27H31N5O3/c1-35-27(34)24-23(31-10-9-17(13-31)14-33)12-20(25-26(24)29-15-28-25)18-7-8-22-21(11-18)30-16-32(22)19-5-3-2-4-6-19/h7-8,11-12,15-17,19,33H,2-6,9-10,13-14H2,1H3,(H,28,29)/t17-/m0/s1. The molecule has 4 aromatic rings. The maximum absolute atomic E-state index is 12.9. The number of aliphatic hydroxyl groups excluding tert-OH is 1. The van der Waals surface area contributed by atoms with Gasteiger partial charge in [-0.25, -0.2) is 14.8 Å². The van der Waals surface area contributed by atoms with Crippen molar-refractivity contribution < 1.29 is 14.6 Å². The molecule has 0 radical (unpaired) electrons. The van der Waals surface area contributed by atoms with Gasteiger partial charge in [-0.15, -0.1) is 0 Å². The zero-order valence-electron chi connectivity index (χ0n) is 20.0. The average molecular weight is 474 g/mol. The highest BCUT2D eigenvalue weighted by molar-refractivity contribution is 6.11. The lowest BCUT2D eigenvalue weighted by molar-refractivity contribution is 0.0603. The minimum atomic E-state index is -0.394. The van der Waals surface area contributed by atoms with Gasteiger partial charge in [0, 0.05) is 37.2 Å². The third kappa shape index (κ3) is 3.76. The molecule has 0 spiro atoms. The van der Waals surface area contributed by atoms with E-state index in [1.165, 1.54) is 39.2 Å². The van der Waals surface area contributed by atoms with Gasteiger partial charge < -0.3 is 24.3 Å². The van der Waals surface area contributed by atoms with E-state index in [1.54, 1.807) is 6.33 Å². The highest BCUT2D eigenvalue weighted by Gasteiger charge is 2.29. The smallest absolute Gasteiger partial charge is 0.342 e. The van der Waals surface area contributed by atoms with Gasteiger partial charge in [-0.05, 0) is 43.0 Å². The van der Waals surface area contributed by atoms with Gasteiger partial charge in [0.15, 0.2) is 0 Å². The van der Waals surface area contributed by atoms with E-state index in [4.69, 9.17) is 9.72 Å². The lowest BCUT2D eigenvalue weighted by Crippen LogP contribution is -2.23. The van der Waals surface area contributed by atoms with Gasteiger partial charge in [-0.1, -0.05) is 25.3 Å². The molecule has 0 bridgehead atoms. The Morgan fingerprint density at radius 2 is 2.03 bits per heavy atom. The van der Waals surface area contributed by atoms with Crippen LogP contribution in [0.3, 0.4) is 0 Å². The van der Waals surface area contributed by atoms with Crippen LogP contribution in [-0.4, -0.2) is 57.4 Å². The highest BCUT2D eigenvalue weighted by atomic mass is 16.5. The number of aromatic nitrogens is 4. The zero-order valence-corrected chi connectivity index (χ0v) is 20.0. The summed E-state index contributed by atoms with van der Waals surface area (Å²) in [6.45, 7) is 1.62. The van der Waals surface area contributed by atoms with Gasteiger partial charge in [0.1, 0.15) is 5.56 Å². The normalized spacial score (nSPS) is 19.1. The molecule has 2 aromatic carbocycles. The molecule has 6 rings (SSSR count). The lowest BCUT2D eigenvalue weighted by Gasteiger charge is -2.24. The number of carbonyl (C=O) groups is 1. The van der Waals surface area contributed by atoms with E-state index in [-0.39, 0.29) is 12.5 Å². The first-order valence-corrected chi connectivity index (χ1v) is 12.6. The number of methoxy groups -OCH3 is 1. The molecule has 2 aromatic heterocycles. The van der Waals surface area contributed by atoms with Crippen LogP contribution in [0, 0.1) is 5.92 Å². The van der Waals surface area contributed by atoms with Crippen LogP contribution in [0.1, 0.15) is 54.9 Å². The van der Waals surface area contributed by atoms with Gasteiger partial charge >= 0.3 is 5.97 Å². The van der Waals surface area contributed by atoms with Crippen LogP contribution in [0.25, 0.3) is 33.2 Å². The molecule has 1 atom stereocenters. The predicted molar refractivity (Wildman–Crippen MR) is 136 cm³/mol. The molecule has 2 aliphatic rings. The third-order valence-corrected chi connectivity index (χ3v) is 7.81. The van der Waals surface area contributed by atoms with E-state index >= 15 is 0 Å². The van der Waals surface area contributed by atoms with Gasteiger partial charge in [-0.3, -0.25) is 0 Å². The molecule has 3 heterocycles. The number of anilines is 1. The van der Waals surface area contributed by atoms with Crippen LogP contribution in [0.5, 0.6) is 0 Å². The Bertz CT molecular complexity index is 1380. The van der Waals surface area contributed by atoms with E-state index in [2.05, 4.69) is 43.7 Å². The van der Waals surface area contributed by atoms with Crippen molar-refractivity contribution in [3.05, 3.63) is 42.5 Å². The summed E-state index contributed by atoms with van der Waals surface area (Å²) in [4.78, 5) is 27.6. The summed E-state index contributed by atoms with van der Waals surface area (Å²) >= 11 is 0. The number of fused-ring (bicyclic) bond motifs is 2. The van der Waals surface area contributed by atoms with Crippen LogP contribution in [0.2, 0.25) is 0 Å². The Labute approximate surface area is 203 Å². The van der Waals surface area contributed by atoms with Crippen LogP contribution >= 0.6 is 0 Å². The number of aliphatic hydroxyl groups is 1. The van der Waals surface area contributed by atoms with Gasteiger partial charge in [-0.2, -0.15) is 0 Å². The lowest BCUT2D eigenvalue weighted by atomic mass is 9.95. The maximum atomic E-state index is 12.9. The average Bonchev–Trinajstić information content (AvgIpc) is 3.66. The molecule has 1 aliphatic heterocycles. The van der Waals surface area contributed by atoms with Crippen molar-refractivity contribution in [2.45, 2.75) is 44.6 Å². The van der Waals surface area contributed by atoms with Gasteiger partial charge in [0.25, 0.3) is 0 Å². The minimum Gasteiger partial charge on any atom is -0.465 e. The molecule has 2 fully saturated rings. The summed E-state index contributed by atoms with van der Waals surface area (Å²) in [6.07, 6.45) is 10.8. The number of nitrogens with one attached hydrogen (secondary N) is 1. The SMILES string of the molecule is COC(=O)c1c(N2CC[C@H](CO)C2)cc(-c2ccc3c(c2)ncn3C2CCCCC2)c2nc[nH]c12. The van der Waals surface area contributed by atoms with E-state index in [1.807, 2.05) is 6.33 Å². The van der Waals surface area contributed by atoms with Crippen LogP contribution in [0.4, 0.5) is 5.69 Å². The molecular formula is C27H31N5O3. The molecule has 0 amide bonds. The predicted octanol–water partition coefficient (Wildman–Crippen LogP) is 4.69. The second-order valence-corrected chi connectivity index (χ2v) is 9.87. The van der Waals surface area contributed by atoms with E-state index in [0.29, 0.717) is 23.7 Å². The fourth-order valence-electron chi connectivity index (χ4n) is 5.92. The number of ether oxygens (including phenoxy) is 1. The molecule has 182 valence electrons. The molecule has 1 saturated carbocycles. The number of aromatic amines is 1. The van der Waals surface area contributed by atoms with Crippen molar-refractivity contribution in [2.75, 3.05) is 31.7 Å². The number of carbonyl (C=O) groups excluding carboxylic acids is 1. The fourth-order valence-corrected chi connectivity index (χ4v) is 5.92. The topological polar surface area (TPSA) is 96.3 Å². The Kier molecular flexibility index (Phi) is 5.68. The quantitative estimate of drug-likeness (QED) is 0.408. The second-order valence-electron chi connectivity index (χ2n) is 9.87. The highest BCUT2D eigenvalue weighted by Crippen LogP contribution is 2.39. The van der Waals surface area contributed by atoms with Crippen LogP contribution in [0.15, 0.2) is 36.9 Å². The van der Waals surface area contributed by atoms with E-state index < -0.39 is 5.97 Å². The first-order chi connectivity index (χ1) is 17.2. The van der Waals surface area contributed by atoms with Crippen LogP contribution < -0.4 is 4.90 Å². The molecule has 2 N–H and O–H groups in total. The molecule has 8 nitrogen and oxygen atoms in total. The molecule has 8 heteroatoms. The Hall–Kier alpha value is -3.39. The van der Waals surface area contributed by atoms with Crippen molar-refractivity contribution in [1.29, 1.82) is 0 Å². The number of hydrogen-bond acceptors (Lipinski definition) is 6. The van der Waals surface area contributed by atoms with Crippen molar-refractivity contribution in [3.8, 4) is 11.1 Å². The number of esters is 1. The second kappa shape index (κ2) is 9.00. The van der Waals surface area contributed by atoms with Gasteiger partial charge in [0.05, 0.1) is 47.5 Å². The summed E-state index contributed by atoms with van der Waals surface area (Å²) in [5.41, 5.74) is 6.80. The monoisotopic (exact) mass is 473 g/mol. The van der Waals surface area contributed by atoms with Crippen LogP contribution in [-0.2, 0) is 4.74 Å². The molecule has 35 heavy (non-hydrogen) atoms. The fraction of sp³-hybridized carbons (Fsp3) is 0.444. The molecular weight excluding hydrogens is 442 g/mol. The minimum absolute atomic E-state index is 0.142. The zero-order chi connectivity index (χ0) is 23.9. The largest absolute Gasteiger partial charge is 0.465 e. The Balaban J connectivity index is 1.48. The van der Waals surface area contributed by atoms with Crippen molar-refractivity contribution >= 4 is 33.7 Å². The van der Waals surface area contributed by atoms with E-state index in [0.717, 1.165) is 46.3 Å². The number of rotatable bonds is 5. The first kappa shape index (κ1) is 22.1. The van der Waals surface area contributed by atoms with Gasteiger partial charge in [0.2, 0.25) is 0 Å². The maximum Gasteiger partial charge on any atom is 0.342 e. The summed E-state index contributed by atoms with van der Waals surface area (Å²) in [7, 11) is 1.40. The van der Waals surface area contributed by atoms with E-state index in [9.17, 15) is 9.90 Å². The Morgan fingerprint density at radius 3 is 2.80 bits per heavy atom. The molecule has 1 aliphatic carbocycles. The number of hydrogen-bond donors (Lipinski definition) is 2. The van der Waals surface area contributed by atoms with Crippen molar-refractivity contribution in [1.82, 2.24) is 19.5 Å². The number of benzene rings is 2. The number of H-pyrrole nitrogens is 1. The Morgan fingerprint density at radius 1 is 1.17 bits per heavy atom. The summed E-state index contributed by atoms with van der Waals surface area (Å²) < 4.78 is 7.50. The first-order valence-electron chi connectivity index (χ1n) is 12.6. The number of imidazole rings is 2. The molecule has 0 unspecified atom stereocenters. The summed E-state index contributed by atoms with van der Waals surface area (Å²) in [5.74, 6) is -0.198. The van der Waals surface area contributed by atoms with Crippen molar-refractivity contribution in [2.24, 2.45) is 5.92 Å². The third-order valence-electron chi connectivity index (χ3n) is 7.81. The molecule has 1 saturated heterocycles.